The molecule has 0 unspecified atom stereocenters. The van der Waals surface area contributed by atoms with E-state index in [1.807, 2.05) is 0 Å². The number of unbranched alkanes of at least 4 members (excludes halogenated alkanes) is 4. The first-order valence-corrected chi connectivity index (χ1v) is 12.4. The van der Waals surface area contributed by atoms with Crippen molar-refractivity contribution in [3.05, 3.63) is 71.8 Å². The predicted molar refractivity (Wildman–Crippen MR) is 133 cm³/mol. The average molecular weight is 408 g/mol. The van der Waals surface area contributed by atoms with Crippen LogP contribution in [0.3, 0.4) is 0 Å². The second kappa shape index (κ2) is 14.4. The monoisotopic (exact) mass is 407 g/mol. The maximum Gasteiger partial charge on any atom is 0.0601 e. The van der Waals surface area contributed by atoms with Crippen molar-refractivity contribution in [1.82, 2.24) is 4.90 Å². The van der Waals surface area contributed by atoms with Crippen molar-refractivity contribution in [2.45, 2.75) is 85.1 Å². The lowest BCUT2D eigenvalue weighted by atomic mass is 9.96. The maximum atomic E-state index is 2.76. The van der Waals surface area contributed by atoms with Gasteiger partial charge in [0, 0.05) is 0 Å². The molecule has 0 fully saturated rings. The molecule has 0 aromatic heterocycles. The van der Waals surface area contributed by atoms with Gasteiger partial charge in [-0.2, -0.15) is 0 Å². The Balaban J connectivity index is 2.08. The van der Waals surface area contributed by atoms with Gasteiger partial charge in [-0.15, -0.1) is 0 Å². The Hall–Kier alpha value is -1.60. The van der Waals surface area contributed by atoms with Crippen molar-refractivity contribution < 1.29 is 0 Å². The van der Waals surface area contributed by atoms with E-state index in [1.54, 1.807) is 0 Å². The Labute approximate surface area is 186 Å². The van der Waals surface area contributed by atoms with Crippen LogP contribution in [0.25, 0.3) is 0 Å². The summed E-state index contributed by atoms with van der Waals surface area (Å²) in [6.45, 7) is 11.7. The first-order valence-electron chi connectivity index (χ1n) is 12.4. The number of rotatable bonds is 15. The van der Waals surface area contributed by atoms with Gasteiger partial charge >= 0.3 is 0 Å². The molecule has 0 bridgehead atoms. The first-order chi connectivity index (χ1) is 14.6. The minimum Gasteiger partial charge on any atom is -0.292 e. The van der Waals surface area contributed by atoms with Gasteiger partial charge in [0.1, 0.15) is 0 Å². The van der Waals surface area contributed by atoms with Crippen molar-refractivity contribution in [2.75, 3.05) is 13.1 Å². The van der Waals surface area contributed by atoms with Crippen molar-refractivity contribution in [1.29, 1.82) is 0 Å². The molecule has 2 aromatic carbocycles. The lowest BCUT2D eigenvalue weighted by molar-refractivity contribution is 0.214. The zero-order valence-electron chi connectivity index (χ0n) is 20.0. The van der Waals surface area contributed by atoms with Crippen LogP contribution < -0.4 is 0 Å². The minimum absolute atomic E-state index is 0.364. The predicted octanol–water partition coefficient (Wildman–Crippen LogP) is 8.51. The number of nitrogens with zero attached hydrogens (tertiary/aromatic N) is 1. The van der Waals surface area contributed by atoms with Gasteiger partial charge in [0.15, 0.2) is 0 Å². The lowest BCUT2D eigenvalue weighted by Crippen LogP contribution is -2.31. The van der Waals surface area contributed by atoms with Gasteiger partial charge in [-0.3, -0.25) is 4.90 Å². The summed E-state index contributed by atoms with van der Waals surface area (Å²) in [4.78, 5) is 2.76. The highest BCUT2D eigenvalue weighted by Crippen LogP contribution is 2.29. The molecule has 166 valence electrons. The molecule has 1 nitrogen and oxygen atoms in total. The van der Waals surface area contributed by atoms with E-state index in [2.05, 4.69) is 93.3 Å². The van der Waals surface area contributed by atoms with Crippen molar-refractivity contribution in [2.24, 2.45) is 11.8 Å². The topological polar surface area (TPSA) is 3.24 Å². The molecule has 0 aliphatic carbocycles. The molecule has 30 heavy (non-hydrogen) atoms. The quantitative estimate of drug-likeness (QED) is 0.267. The molecule has 1 heteroatoms. The second-order valence-corrected chi connectivity index (χ2v) is 9.75. The molecule has 0 radical (unpaired) electrons. The summed E-state index contributed by atoms with van der Waals surface area (Å²) in [7, 11) is 0. The highest BCUT2D eigenvalue weighted by atomic mass is 15.2. The highest BCUT2D eigenvalue weighted by molar-refractivity contribution is 5.31. The summed E-state index contributed by atoms with van der Waals surface area (Å²) in [5.74, 6) is 1.65. The van der Waals surface area contributed by atoms with Crippen LogP contribution in [0, 0.1) is 11.8 Å². The molecule has 0 heterocycles. The number of hydrogen-bond acceptors (Lipinski definition) is 1. The van der Waals surface area contributed by atoms with E-state index < -0.39 is 0 Å². The number of benzene rings is 2. The van der Waals surface area contributed by atoms with Crippen LogP contribution in [0.2, 0.25) is 0 Å². The molecule has 2 aromatic rings. The fourth-order valence-corrected chi connectivity index (χ4v) is 4.34. The summed E-state index contributed by atoms with van der Waals surface area (Å²) in [5, 5.41) is 0. The van der Waals surface area contributed by atoms with Crippen LogP contribution in [0.1, 0.15) is 96.2 Å². The van der Waals surface area contributed by atoms with E-state index in [9.17, 15) is 0 Å². The van der Waals surface area contributed by atoms with E-state index in [-0.39, 0.29) is 0 Å². The van der Waals surface area contributed by atoms with E-state index in [0.717, 1.165) is 11.8 Å². The van der Waals surface area contributed by atoms with Gasteiger partial charge in [0.05, 0.1) is 6.04 Å². The zero-order chi connectivity index (χ0) is 21.6. The molecule has 0 N–H and O–H groups in total. The van der Waals surface area contributed by atoms with Crippen LogP contribution in [0.15, 0.2) is 60.7 Å². The summed E-state index contributed by atoms with van der Waals surface area (Å²) in [6, 6.07) is 22.6. The van der Waals surface area contributed by atoms with Gasteiger partial charge in [-0.05, 0) is 48.9 Å². The Morgan fingerprint density at radius 3 is 1.30 bits per heavy atom. The standard InChI is InChI=1S/C29H45N/c1-25(2)17-9-7-15-23-30(24-16-8-10-18-26(3)4)29(27-19-11-5-12-20-27)28-21-13-6-14-22-28/h5-6,11-14,19-22,25-26,29H,7-10,15-18,23-24H2,1-4H3. The maximum absolute atomic E-state index is 2.76. The van der Waals surface area contributed by atoms with Crippen LogP contribution in [0.5, 0.6) is 0 Å². The van der Waals surface area contributed by atoms with E-state index in [0.29, 0.717) is 6.04 Å². The molecule has 0 spiro atoms. The highest BCUT2D eigenvalue weighted by Gasteiger charge is 2.21. The Kier molecular flexibility index (Phi) is 11.9. The van der Waals surface area contributed by atoms with Crippen molar-refractivity contribution >= 4 is 0 Å². The van der Waals surface area contributed by atoms with Crippen LogP contribution >= 0.6 is 0 Å². The summed E-state index contributed by atoms with van der Waals surface area (Å²) >= 11 is 0. The lowest BCUT2D eigenvalue weighted by Gasteiger charge is -2.33. The third-order valence-corrected chi connectivity index (χ3v) is 6.05. The first kappa shape index (κ1) is 24.7. The molecule has 2 rings (SSSR count). The van der Waals surface area contributed by atoms with E-state index in [4.69, 9.17) is 0 Å². The van der Waals surface area contributed by atoms with Gasteiger partial charge in [-0.1, -0.05) is 127 Å². The van der Waals surface area contributed by atoms with Gasteiger partial charge in [-0.25, -0.2) is 0 Å². The van der Waals surface area contributed by atoms with Crippen molar-refractivity contribution in [3.8, 4) is 0 Å². The molecule has 0 aliphatic rings. The molecule has 0 aliphatic heterocycles. The fraction of sp³-hybridized carbons (Fsp3) is 0.586. The van der Waals surface area contributed by atoms with E-state index in [1.165, 1.54) is 75.6 Å². The van der Waals surface area contributed by atoms with Crippen LogP contribution in [0.4, 0.5) is 0 Å². The largest absolute Gasteiger partial charge is 0.292 e. The molecule has 0 atom stereocenters. The fourth-order valence-electron chi connectivity index (χ4n) is 4.34. The molecule has 0 amide bonds. The Morgan fingerprint density at radius 1 is 0.533 bits per heavy atom. The third kappa shape index (κ3) is 9.47. The number of hydrogen-bond donors (Lipinski definition) is 0. The molecule has 0 saturated carbocycles. The van der Waals surface area contributed by atoms with Crippen molar-refractivity contribution in [3.63, 3.8) is 0 Å². The summed E-state index contributed by atoms with van der Waals surface area (Å²) in [5.41, 5.74) is 2.85. The summed E-state index contributed by atoms with van der Waals surface area (Å²) in [6.07, 6.45) is 10.7. The normalized spacial score (nSPS) is 11.9. The van der Waals surface area contributed by atoms with Crippen LogP contribution in [-0.4, -0.2) is 18.0 Å². The zero-order valence-corrected chi connectivity index (χ0v) is 20.0. The molecule has 0 saturated heterocycles. The SMILES string of the molecule is CC(C)CCCCCN(CCCCCC(C)C)C(c1ccccc1)c1ccccc1. The van der Waals surface area contributed by atoms with E-state index >= 15 is 0 Å². The minimum atomic E-state index is 0.364. The van der Waals surface area contributed by atoms with Crippen LogP contribution in [-0.2, 0) is 0 Å². The Morgan fingerprint density at radius 2 is 0.933 bits per heavy atom. The Bertz CT molecular complexity index is 589. The smallest absolute Gasteiger partial charge is 0.0601 e. The van der Waals surface area contributed by atoms with Gasteiger partial charge in [0.2, 0.25) is 0 Å². The molecular weight excluding hydrogens is 362 g/mol. The third-order valence-electron chi connectivity index (χ3n) is 6.05. The molecular formula is C29H45N. The van der Waals surface area contributed by atoms with Gasteiger partial charge in [0.25, 0.3) is 0 Å². The average Bonchev–Trinajstić information content (AvgIpc) is 2.74. The van der Waals surface area contributed by atoms with Gasteiger partial charge < -0.3 is 0 Å². The summed E-state index contributed by atoms with van der Waals surface area (Å²) < 4.78 is 0. The second-order valence-electron chi connectivity index (χ2n) is 9.75.